The minimum atomic E-state index is -0.592. The first-order valence-corrected chi connectivity index (χ1v) is 5.93. The lowest BCUT2D eigenvalue weighted by Gasteiger charge is -2.17. The highest BCUT2D eigenvalue weighted by Gasteiger charge is 2.36. The molecule has 0 N–H and O–H groups in total. The summed E-state index contributed by atoms with van der Waals surface area (Å²) in [6, 6.07) is 1.14. The molecule has 1 aliphatic rings. The van der Waals surface area contributed by atoms with Gasteiger partial charge in [-0.25, -0.2) is 9.18 Å². The van der Waals surface area contributed by atoms with E-state index in [4.69, 9.17) is 4.74 Å². The molecule has 92 valence electrons. The van der Waals surface area contributed by atoms with E-state index in [-0.39, 0.29) is 5.56 Å². The van der Waals surface area contributed by atoms with Gasteiger partial charge in [-0.3, -0.25) is 0 Å². The van der Waals surface area contributed by atoms with Crippen LogP contribution in [0.3, 0.4) is 0 Å². The van der Waals surface area contributed by atoms with Gasteiger partial charge in [0.05, 0.1) is 11.6 Å². The van der Waals surface area contributed by atoms with Crippen LogP contribution in [0.15, 0.2) is 10.5 Å². The fourth-order valence-corrected chi connectivity index (χ4v) is 2.37. The first-order chi connectivity index (χ1) is 7.85. The largest absolute Gasteiger partial charge is 0.486 e. The number of carbonyl (C=O) groups excluding carboxylic acids is 1. The Bertz CT molecular complexity index is 497. The molecule has 0 saturated carbocycles. The Balaban J connectivity index is 2.63. The van der Waals surface area contributed by atoms with Gasteiger partial charge >= 0.3 is 5.97 Å². The predicted octanol–water partition coefficient (Wildman–Crippen LogP) is 3.09. The zero-order valence-corrected chi connectivity index (χ0v) is 11.4. The predicted molar refractivity (Wildman–Crippen MR) is 63.9 cm³/mol. The van der Waals surface area contributed by atoms with Crippen molar-refractivity contribution in [2.45, 2.75) is 25.9 Å². The van der Waals surface area contributed by atoms with Crippen LogP contribution < -0.4 is 4.74 Å². The van der Waals surface area contributed by atoms with Crippen molar-refractivity contribution in [3.63, 3.8) is 0 Å². The van der Waals surface area contributed by atoms with Crippen LogP contribution >= 0.6 is 15.9 Å². The number of esters is 1. The number of halogens is 2. The summed E-state index contributed by atoms with van der Waals surface area (Å²) in [5, 5.41) is 0. The molecule has 1 heterocycles. The summed E-state index contributed by atoms with van der Waals surface area (Å²) in [5.74, 6) is -0.661. The van der Waals surface area contributed by atoms with E-state index >= 15 is 0 Å². The van der Waals surface area contributed by atoms with Crippen LogP contribution in [0.25, 0.3) is 0 Å². The third-order valence-electron chi connectivity index (χ3n) is 2.65. The second-order valence-corrected chi connectivity index (χ2v) is 5.35. The lowest BCUT2D eigenvalue weighted by atomic mass is 10.0. The van der Waals surface area contributed by atoms with E-state index in [1.54, 1.807) is 0 Å². The molecule has 5 heteroatoms. The molecule has 0 atom stereocenters. The molecule has 0 radical (unpaired) electrons. The highest BCUT2D eigenvalue weighted by Crippen LogP contribution is 2.43. The Hall–Kier alpha value is -1.10. The molecule has 2 rings (SSSR count). The smallest absolute Gasteiger partial charge is 0.341 e. The molecule has 0 amide bonds. The van der Waals surface area contributed by atoms with Gasteiger partial charge in [0, 0.05) is 12.0 Å². The fourth-order valence-electron chi connectivity index (χ4n) is 1.94. The van der Waals surface area contributed by atoms with E-state index in [9.17, 15) is 9.18 Å². The molecule has 0 bridgehead atoms. The number of ether oxygens (including phenoxy) is 2. The standard InChI is InChI=1S/C12H12BrFO3/c1-12(2)5-7-9(13)8(14)4-6(10(7)17-12)11(15)16-3/h4H,5H2,1-3H3. The van der Waals surface area contributed by atoms with Crippen molar-refractivity contribution in [3.05, 3.63) is 27.5 Å². The van der Waals surface area contributed by atoms with Crippen molar-refractivity contribution in [1.82, 2.24) is 0 Å². The second-order valence-electron chi connectivity index (χ2n) is 4.56. The third kappa shape index (κ3) is 2.04. The van der Waals surface area contributed by atoms with Gasteiger partial charge in [0.15, 0.2) is 0 Å². The van der Waals surface area contributed by atoms with E-state index in [0.717, 1.165) is 6.07 Å². The van der Waals surface area contributed by atoms with Gasteiger partial charge in [-0.15, -0.1) is 0 Å². The minimum Gasteiger partial charge on any atom is -0.486 e. The summed E-state index contributed by atoms with van der Waals surface area (Å²) in [6.07, 6.45) is 0.546. The van der Waals surface area contributed by atoms with E-state index in [0.29, 0.717) is 22.2 Å². The maximum Gasteiger partial charge on any atom is 0.341 e. The first-order valence-electron chi connectivity index (χ1n) is 5.14. The van der Waals surface area contributed by atoms with E-state index in [1.165, 1.54) is 7.11 Å². The van der Waals surface area contributed by atoms with Crippen LogP contribution in [-0.2, 0) is 11.2 Å². The van der Waals surface area contributed by atoms with Crippen molar-refractivity contribution >= 4 is 21.9 Å². The summed E-state index contributed by atoms with van der Waals surface area (Å²) in [7, 11) is 1.26. The Kier molecular flexibility index (Phi) is 2.89. The number of rotatable bonds is 1. The van der Waals surface area contributed by atoms with Crippen LogP contribution in [-0.4, -0.2) is 18.7 Å². The van der Waals surface area contributed by atoms with E-state index < -0.39 is 17.4 Å². The van der Waals surface area contributed by atoms with Gasteiger partial charge in [-0.1, -0.05) is 0 Å². The summed E-state index contributed by atoms with van der Waals surface area (Å²) in [6.45, 7) is 3.77. The zero-order chi connectivity index (χ0) is 12.8. The lowest BCUT2D eigenvalue weighted by molar-refractivity contribution is 0.0589. The quantitative estimate of drug-likeness (QED) is 0.748. The van der Waals surface area contributed by atoms with Crippen molar-refractivity contribution < 1.29 is 18.7 Å². The van der Waals surface area contributed by atoms with E-state index in [1.807, 2.05) is 13.8 Å². The Morgan fingerprint density at radius 2 is 2.24 bits per heavy atom. The number of benzene rings is 1. The number of hydrogen-bond acceptors (Lipinski definition) is 3. The van der Waals surface area contributed by atoms with Crippen molar-refractivity contribution in [2.24, 2.45) is 0 Å². The molecule has 1 aromatic carbocycles. The van der Waals surface area contributed by atoms with Crippen LogP contribution in [0.5, 0.6) is 5.75 Å². The van der Waals surface area contributed by atoms with Gasteiger partial charge in [-0.05, 0) is 35.8 Å². The van der Waals surface area contributed by atoms with Crippen LogP contribution in [0.4, 0.5) is 4.39 Å². The van der Waals surface area contributed by atoms with Gasteiger partial charge in [0.2, 0.25) is 0 Å². The SMILES string of the molecule is COC(=O)c1cc(F)c(Br)c2c1OC(C)(C)C2. The van der Waals surface area contributed by atoms with E-state index in [2.05, 4.69) is 20.7 Å². The molecule has 0 spiro atoms. The molecular formula is C12H12BrFO3. The second kappa shape index (κ2) is 3.98. The van der Waals surface area contributed by atoms with Crippen LogP contribution in [0, 0.1) is 5.82 Å². The Morgan fingerprint density at radius 3 is 2.82 bits per heavy atom. The third-order valence-corrected chi connectivity index (χ3v) is 3.51. The lowest BCUT2D eigenvalue weighted by Crippen LogP contribution is -2.25. The summed E-state index contributed by atoms with van der Waals surface area (Å²) >= 11 is 3.18. The van der Waals surface area contributed by atoms with Crippen molar-refractivity contribution in [2.75, 3.05) is 7.11 Å². The maximum absolute atomic E-state index is 13.7. The molecule has 0 aliphatic carbocycles. The van der Waals surface area contributed by atoms with Crippen LogP contribution in [0.2, 0.25) is 0 Å². The van der Waals surface area contributed by atoms with Gasteiger partial charge in [0.25, 0.3) is 0 Å². The van der Waals surface area contributed by atoms with Crippen molar-refractivity contribution in [3.8, 4) is 5.75 Å². The summed E-state index contributed by atoms with van der Waals surface area (Å²) in [4.78, 5) is 11.6. The maximum atomic E-state index is 13.7. The molecular weight excluding hydrogens is 291 g/mol. The van der Waals surface area contributed by atoms with Crippen LogP contribution in [0.1, 0.15) is 29.8 Å². The topological polar surface area (TPSA) is 35.5 Å². The highest BCUT2D eigenvalue weighted by atomic mass is 79.9. The normalized spacial score (nSPS) is 16.3. The fraction of sp³-hybridized carbons (Fsp3) is 0.417. The average Bonchev–Trinajstić information content (AvgIpc) is 2.58. The minimum absolute atomic E-state index is 0.133. The first kappa shape index (κ1) is 12.4. The number of hydrogen-bond donors (Lipinski definition) is 0. The van der Waals surface area contributed by atoms with Gasteiger partial charge in [0.1, 0.15) is 22.7 Å². The zero-order valence-electron chi connectivity index (χ0n) is 9.77. The number of carbonyl (C=O) groups is 1. The summed E-state index contributed by atoms with van der Waals surface area (Å²) < 4.78 is 24.3. The Morgan fingerprint density at radius 1 is 1.59 bits per heavy atom. The molecule has 0 aromatic heterocycles. The molecule has 1 aliphatic heterocycles. The molecule has 0 fully saturated rings. The number of methoxy groups -OCH3 is 1. The van der Waals surface area contributed by atoms with Gasteiger partial charge < -0.3 is 9.47 Å². The molecule has 17 heavy (non-hydrogen) atoms. The monoisotopic (exact) mass is 302 g/mol. The Labute approximate surface area is 107 Å². The molecule has 3 nitrogen and oxygen atoms in total. The number of fused-ring (bicyclic) bond motifs is 1. The highest BCUT2D eigenvalue weighted by molar-refractivity contribution is 9.10. The van der Waals surface area contributed by atoms with Gasteiger partial charge in [-0.2, -0.15) is 0 Å². The molecule has 0 saturated heterocycles. The molecule has 1 aromatic rings. The average molecular weight is 303 g/mol. The van der Waals surface area contributed by atoms with Crippen molar-refractivity contribution in [1.29, 1.82) is 0 Å². The summed E-state index contributed by atoms with van der Waals surface area (Å²) in [5.41, 5.74) is 0.366. The molecule has 0 unspecified atom stereocenters.